The molecule has 1 saturated heterocycles. The van der Waals surface area contributed by atoms with Crippen LogP contribution in [-0.4, -0.2) is 35.7 Å². The lowest BCUT2D eigenvalue weighted by atomic mass is 10.2. The van der Waals surface area contributed by atoms with Crippen molar-refractivity contribution in [2.45, 2.75) is 18.8 Å². The second kappa shape index (κ2) is 4.23. The molecule has 0 bridgehead atoms. The summed E-state index contributed by atoms with van der Waals surface area (Å²) in [6.07, 6.45) is 2.61. The maximum absolute atomic E-state index is 4.79. The van der Waals surface area contributed by atoms with E-state index in [9.17, 15) is 0 Å². The Morgan fingerprint density at radius 1 is 1.21 bits per heavy atom. The smallest absolute Gasteiger partial charge is 0.112 e. The summed E-state index contributed by atoms with van der Waals surface area (Å²) in [5.74, 6) is 1.98. The van der Waals surface area contributed by atoms with Gasteiger partial charge in [-0.05, 0) is 31.0 Å². The Balaban J connectivity index is 1.75. The molecule has 2 aliphatic rings. The first-order chi connectivity index (χ1) is 9.33. The normalized spacial score (nSPS) is 20.2. The number of anilines is 1. The zero-order valence-corrected chi connectivity index (χ0v) is 11.4. The fraction of sp³-hybridized carbons (Fsp3) is 0.533. The predicted molar refractivity (Wildman–Crippen MR) is 77.8 cm³/mol. The molecule has 19 heavy (non-hydrogen) atoms. The lowest BCUT2D eigenvalue weighted by Gasteiger charge is -2.29. The number of piperazine rings is 1. The maximum atomic E-state index is 4.79. The van der Waals surface area contributed by atoms with Gasteiger partial charge in [-0.15, -0.1) is 0 Å². The quantitative estimate of drug-likeness (QED) is 0.890. The summed E-state index contributed by atoms with van der Waals surface area (Å²) in [6, 6.07) is 6.70. The lowest BCUT2D eigenvalue weighted by molar-refractivity contribution is 0.589. The summed E-state index contributed by atoms with van der Waals surface area (Å²) in [6.45, 7) is 4.35. The summed E-state index contributed by atoms with van der Waals surface area (Å²) < 4.78 is 2.29. The second-order valence-electron chi connectivity index (χ2n) is 5.71. The van der Waals surface area contributed by atoms with E-state index in [2.05, 4.69) is 40.0 Å². The third-order valence-electron chi connectivity index (χ3n) is 4.32. The van der Waals surface area contributed by atoms with Gasteiger partial charge < -0.3 is 14.8 Å². The van der Waals surface area contributed by atoms with E-state index in [1.54, 1.807) is 0 Å². The molecule has 4 heteroatoms. The zero-order valence-electron chi connectivity index (χ0n) is 11.4. The highest BCUT2D eigenvalue weighted by Crippen LogP contribution is 2.40. The van der Waals surface area contributed by atoms with Gasteiger partial charge in [0.2, 0.25) is 0 Å². The van der Waals surface area contributed by atoms with E-state index in [4.69, 9.17) is 4.98 Å². The van der Waals surface area contributed by atoms with Crippen molar-refractivity contribution in [3.05, 3.63) is 24.0 Å². The van der Waals surface area contributed by atoms with Crippen molar-refractivity contribution in [3.63, 3.8) is 0 Å². The molecule has 0 unspecified atom stereocenters. The number of rotatable bonds is 2. The minimum absolute atomic E-state index is 0.708. The van der Waals surface area contributed by atoms with Gasteiger partial charge in [0.1, 0.15) is 5.82 Å². The maximum Gasteiger partial charge on any atom is 0.112 e. The van der Waals surface area contributed by atoms with E-state index in [1.807, 2.05) is 0 Å². The molecular weight excluding hydrogens is 236 g/mol. The summed E-state index contributed by atoms with van der Waals surface area (Å²) in [4.78, 5) is 7.25. The molecule has 1 saturated carbocycles. The zero-order chi connectivity index (χ0) is 12.8. The Hall–Kier alpha value is -1.55. The van der Waals surface area contributed by atoms with Crippen molar-refractivity contribution in [1.82, 2.24) is 14.9 Å². The predicted octanol–water partition coefficient (Wildman–Crippen LogP) is 1.86. The standard InChI is InChI=1S/C15H20N4/c1-18-14-10-12(19-8-6-16-7-9-19)4-5-13(14)17-15(18)11-2-3-11/h4-5,10-11,16H,2-3,6-9H2,1H3. The Labute approximate surface area is 113 Å². The molecule has 2 fully saturated rings. The number of imidazole rings is 1. The Kier molecular flexibility index (Phi) is 2.52. The van der Waals surface area contributed by atoms with Crippen molar-refractivity contribution >= 4 is 16.7 Å². The third kappa shape index (κ3) is 1.91. The van der Waals surface area contributed by atoms with Crippen LogP contribution >= 0.6 is 0 Å². The number of aromatic nitrogens is 2. The highest BCUT2D eigenvalue weighted by atomic mass is 15.2. The number of benzene rings is 1. The van der Waals surface area contributed by atoms with Gasteiger partial charge in [-0.1, -0.05) is 0 Å². The fourth-order valence-corrected chi connectivity index (χ4v) is 3.02. The van der Waals surface area contributed by atoms with Crippen molar-refractivity contribution in [3.8, 4) is 0 Å². The molecule has 2 aromatic rings. The van der Waals surface area contributed by atoms with E-state index in [0.717, 1.165) is 31.7 Å². The van der Waals surface area contributed by atoms with Crippen LogP contribution in [-0.2, 0) is 7.05 Å². The summed E-state index contributed by atoms with van der Waals surface area (Å²) >= 11 is 0. The van der Waals surface area contributed by atoms with Crippen LogP contribution in [0.15, 0.2) is 18.2 Å². The van der Waals surface area contributed by atoms with Gasteiger partial charge in [0.05, 0.1) is 11.0 Å². The van der Waals surface area contributed by atoms with Crippen LogP contribution in [0.5, 0.6) is 0 Å². The van der Waals surface area contributed by atoms with Gasteiger partial charge in [-0.25, -0.2) is 4.98 Å². The first-order valence-electron chi connectivity index (χ1n) is 7.25. The molecule has 1 aliphatic heterocycles. The average Bonchev–Trinajstić information content (AvgIpc) is 3.25. The van der Waals surface area contributed by atoms with Crippen LogP contribution in [0.2, 0.25) is 0 Å². The van der Waals surface area contributed by atoms with Crippen LogP contribution in [0.4, 0.5) is 5.69 Å². The molecule has 0 spiro atoms. The molecule has 100 valence electrons. The van der Waals surface area contributed by atoms with Crippen molar-refractivity contribution in [2.24, 2.45) is 7.05 Å². The van der Waals surface area contributed by atoms with Crippen molar-refractivity contribution in [1.29, 1.82) is 0 Å². The number of fused-ring (bicyclic) bond motifs is 1. The van der Waals surface area contributed by atoms with Crippen LogP contribution in [0.3, 0.4) is 0 Å². The van der Waals surface area contributed by atoms with E-state index in [1.165, 1.54) is 29.9 Å². The number of hydrogen-bond acceptors (Lipinski definition) is 3. The minimum Gasteiger partial charge on any atom is -0.369 e. The highest BCUT2D eigenvalue weighted by molar-refractivity contribution is 5.80. The molecule has 0 amide bonds. The molecule has 1 aliphatic carbocycles. The summed E-state index contributed by atoms with van der Waals surface area (Å²) in [5, 5.41) is 3.40. The molecule has 4 nitrogen and oxygen atoms in total. The van der Waals surface area contributed by atoms with Crippen molar-refractivity contribution in [2.75, 3.05) is 31.1 Å². The lowest BCUT2D eigenvalue weighted by Crippen LogP contribution is -2.43. The van der Waals surface area contributed by atoms with E-state index in [0.29, 0.717) is 5.92 Å². The molecule has 4 rings (SSSR count). The molecule has 1 aromatic heterocycles. The molecule has 1 aromatic carbocycles. The first kappa shape index (κ1) is 11.3. The highest BCUT2D eigenvalue weighted by Gasteiger charge is 2.28. The number of nitrogens with zero attached hydrogens (tertiary/aromatic N) is 3. The molecule has 0 atom stereocenters. The number of aryl methyl sites for hydroxylation is 1. The Morgan fingerprint density at radius 3 is 2.74 bits per heavy atom. The van der Waals surface area contributed by atoms with Gasteiger partial charge >= 0.3 is 0 Å². The van der Waals surface area contributed by atoms with Gasteiger partial charge in [0.25, 0.3) is 0 Å². The minimum atomic E-state index is 0.708. The van der Waals surface area contributed by atoms with Crippen LogP contribution in [0.1, 0.15) is 24.6 Å². The average molecular weight is 256 g/mol. The van der Waals surface area contributed by atoms with Crippen LogP contribution < -0.4 is 10.2 Å². The largest absolute Gasteiger partial charge is 0.369 e. The van der Waals surface area contributed by atoms with Crippen LogP contribution in [0, 0.1) is 0 Å². The van der Waals surface area contributed by atoms with Gasteiger partial charge in [0, 0.05) is 44.8 Å². The number of nitrogens with one attached hydrogen (secondary N) is 1. The Morgan fingerprint density at radius 2 is 2.00 bits per heavy atom. The molecule has 0 radical (unpaired) electrons. The molecule has 1 N–H and O–H groups in total. The summed E-state index contributed by atoms with van der Waals surface area (Å²) in [5.41, 5.74) is 3.75. The Bertz CT molecular complexity index is 606. The van der Waals surface area contributed by atoms with Crippen molar-refractivity contribution < 1.29 is 0 Å². The van der Waals surface area contributed by atoms with E-state index in [-0.39, 0.29) is 0 Å². The third-order valence-corrected chi connectivity index (χ3v) is 4.32. The second-order valence-corrected chi connectivity index (χ2v) is 5.71. The van der Waals surface area contributed by atoms with Gasteiger partial charge in [0.15, 0.2) is 0 Å². The van der Waals surface area contributed by atoms with E-state index >= 15 is 0 Å². The van der Waals surface area contributed by atoms with E-state index < -0.39 is 0 Å². The monoisotopic (exact) mass is 256 g/mol. The fourth-order valence-electron chi connectivity index (χ4n) is 3.02. The molecule has 2 heterocycles. The summed E-state index contributed by atoms with van der Waals surface area (Å²) in [7, 11) is 2.16. The first-order valence-corrected chi connectivity index (χ1v) is 7.25. The van der Waals surface area contributed by atoms with Crippen LogP contribution in [0.25, 0.3) is 11.0 Å². The molecular formula is C15H20N4. The van der Waals surface area contributed by atoms with Gasteiger partial charge in [-0.2, -0.15) is 0 Å². The van der Waals surface area contributed by atoms with Gasteiger partial charge in [-0.3, -0.25) is 0 Å². The number of hydrogen-bond donors (Lipinski definition) is 1. The topological polar surface area (TPSA) is 33.1 Å². The SMILES string of the molecule is Cn1c(C2CC2)nc2ccc(N3CCNCC3)cc21.